The minimum Gasteiger partial charge on any atom is -0.508 e. The Morgan fingerprint density at radius 2 is 1.66 bits per heavy atom. The average molecular weight is 610 g/mol. The molecule has 3 atom stereocenters. The molecule has 12 nitrogen and oxygen atoms in total. The molecule has 4 rings (SSSR count). The van der Waals surface area contributed by atoms with E-state index in [1.807, 2.05) is 12.2 Å². The zero-order valence-electron chi connectivity index (χ0n) is 24.8. The molecule has 3 aromatic carbocycles. The predicted octanol–water partition coefficient (Wildman–Crippen LogP) is 6.64. The molecule has 0 radical (unpaired) electrons. The summed E-state index contributed by atoms with van der Waals surface area (Å²) in [6.45, 7) is 1.83. The summed E-state index contributed by atoms with van der Waals surface area (Å²) >= 11 is 0. The van der Waals surface area contributed by atoms with Gasteiger partial charge >= 0.3 is 5.97 Å². The summed E-state index contributed by atoms with van der Waals surface area (Å²) in [6.07, 6.45) is 3.05. The number of benzene rings is 3. The number of carboxylic acid groups (broad SMARTS) is 1. The summed E-state index contributed by atoms with van der Waals surface area (Å²) in [5.41, 5.74) is 1.27. The van der Waals surface area contributed by atoms with Crippen LogP contribution in [-0.4, -0.2) is 49.0 Å². The lowest BCUT2D eigenvalue weighted by Gasteiger charge is -2.37. The molecule has 0 amide bonds. The summed E-state index contributed by atoms with van der Waals surface area (Å²) in [5.74, 6) is 0.371. The molecule has 12 heteroatoms. The number of aromatic hydroxyl groups is 1. The fraction of sp³-hybridized carbons (Fsp3) is 0.344. The number of hydrogen-bond donors (Lipinski definition) is 2. The third-order valence-corrected chi connectivity index (χ3v) is 7.20. The van der Waals surface area contributed by atoms with Crippen LogP contribution in [0, 0.1) is 23.0 Å². The van der Waals surface area contributed by atoms with Crippen molar-refractivity contribution in [2.24, 2.45) is 5.92 Å². The third kappa shape index (κ3) is 7.39. The minimum atomic E-state index is -0.980. The zero-order valence-corrected chi connectivity index (χ0v) is 24.8. The summed E-state index contributed by atoms with van der Waals surface area (Å²) < 4.78 is 35.5. The Bertz CT molecular complexity index is 1520. The molecular formula is C32H35NO11. The number of aliphatic carboxylic acids is 1. The van der Waals surface area contributed by atoms with E-state index in [0.29, 0.717) is 41.0 Å². The van der Waals surface area contributed by atoms with Gasteiger partial charge in [-0.05, 0) is 38.0 Å². The van der Waals surface area contributed by atoms with Gasteiger partial charge in [-0.15, -0.1) is 0 Å². The molecule has 44 heavy (non-hydrogen) atoms. The number of para-hydroxylation sites is 1. The normalized spacial score (nSPS) is 18.1. The van der Waals surface area contributed by atoms with Crippen molar-refractivity contribution in [3.8, 4) is 34.5 Å². The number of hydrogen-bond acceptors (Lipinski definition) is 10. The maximum atomic E-state index is 11.5. The standard InChI is InChI=1S/C32H35NO11/c1-19-14-29(27(40-3)16-23(19)33(37)38)43-25-17-28(41-4)26(39-2)15-22(25)32-42-18-20(10-6-5-7-13-30(35)36)31(44-32)21-11-8-9-12-24(21)34/h5-6,8-9,11-12,14-17,20,31-32,34H,7,10,13,18H2,1-4H3,(H,35,36)/t20-,31+,32?/m1/s1. The Morgan fingerprint density at radius 3 is 2.32 bits per heavy atom. The maximum Gasteiger partial charge on any atom is 0.303 e. The van der Waals surface area contributed by atoms with Crippen LogP contribution in [0.4, 0.5) is 5.69 Å². The second kappa shape index (κ2) is 14.6. The molecule has 2 N–H and O–H groups in total. The molecule has 1 saturated heterocycles. The van der Waals surface area contributed by atoms with Crippen LogP contribution in [0.2, 0.25) is 0 Å². The lowest BCUT2D eigenvalue weighted by molar-refractivity contribution is -0.385. The van der Waals surface area contributed by atoms with Crippen LogP contribution in [0.1, 0.15) is 48.3 Å². The first-order valence-corrected chi connectivity index (χ1v) is 13.8. The molecule has 1 aliphatic rings. The molecule has 1 heterocycles. The number of ether oxygens (including phenoxy) is 6. The topological polar surface area (TPSA) is 156 Å². The van der Waals surface area contributed by atoms with Crippen molar-refractivity contribution in [2.45, 2.75) is 38.6 Å². The SMILES string of the molecule is COc1cc(Oc2cc(C)c([N+](=O)[O-])cc2OC)c(C2OC[C@@H](CC=CCCC(=O)O)[C@@H](c3ccccc3O)O2)cc1OC. The fourth-order valence-corrected chi connectivity index (χ4v) is 4.94. The monoisotopic (exact) mass is 609 g/mol. The van der Waals surface area contributed by atoms with E-state index in [1.54, 1.807) is 43.3 Å². The first-order valence-electron chi connectivity index (χ1n) is 13.8. The number of nitro benzene ring substituents is 1. The second-order valence-corrected chi connectivity index (χ2v) is 10.1. The van der Waals surface area contributed by atoms with Crippen molar-refractivity contribution in [3.05, 3.63) is 87.5 Å². The highest BCUT2D eigenvalue weighted by Gasteiger charge is 2.36. The van der Waals surface area contributed by atoms with Crippen molar-refractivity contribution in [2.75, 3.05) is 27.9 Å². The predicted molar refractivity (Wildman–Crippen MR) is 159 cm³/mol. The second-order valence-electron chi connectivity index (χ2n) is 10.1. The van der Waals surface area contributed by atoms with E-state index >= 15 is 0 Å². The quantitative estimate of drug-likeness (QED) is 0.122. The van der Waals surface area contributed by atoms with Crippen molar-refractivity contribution < 1.29 is 48.4 Å². The lowest BCUT2D eigenvalue weighted by atomic mass is 9.91. The molecule has 0 saturated carbocycles. The molecule has 1 unspecified atom stereocenters. The molecule has 0 aromatic heterocycles. The first-order chi connectivity index (χ1) is 21.2. The summed E-state index contributed by atoms with van der Waals surface area (Å²) in [4.78, 5) is 21.9. The van der Waals surface area contributed by atoms with Crippen LogP contribution < -0.4 is 18.9 Å². The molecule has 0 aliphatic carbocycles. The Kier molecular flexibility index (Phi) is 10.6. The number of nitro groups is 1. The highest BCUT2D eigenvalue weighted by Crippen LogP contribution is 2.48. The number of phenolic OH excluding ortho intramolecular Hbond substituents is 1. The number of nitrogens with zero attached hydrogens (tertiary/aromatic N) is 1. The number of phenols is 1. The highest BCUT2D eigenvalue weighted by molar-refractivity contribution is 5.66. The Hall–Kier alpha value is -4.81. The van der Waals surface area contributed by atoms with Crippen molar-refractivity contribution >= 4 is 11.7 Å². The molecule has 0 bridgehead atoms. The number of aryl methyl sites for hydroxylation is 1. The van der Waals surface area contributed by atoms with E-state index in [0.717, 1.165) is 0 Å². The number of rotatable bonds is 13. The molecule has 1 aliphatic heterocycles. The largest absolute Gasteiger partial charge is 0.508 e. The van der Waals surface area contributed by atoms with Crippen molar-refractivity contribution in [3.63, 3.8) is 0 Å². The van der Waals surface area contributed by atoms with Crippen LogP contribution in [0.15, 0.2) is 60.7 Å². The highest BCUT2D eigenvalue weighted by atomic mass is 16.7. The zero-order chi connectivity index (χ0) is 31.8. The average Bonchev–Trinajstić information content (AvgIpc) is 3.01. The van der Waals surface area contributed by atoms with Gasteiger partial charge in [0.15, 0.2) is 29.3 Å². The van der Waals surface area contributed by atoms with E-state index in [4.69, 9.17) is 33.5 Å². The van der Waals surface area contributed by atoms with Gasteiger partial charge in [0.2, 0.25) is 0 Å². The van der Waals surface area contributed by atoms with Crippen LogP contribution in [0.25, 0.3) is 0 Å². The van der Waals surface area contributed by atoms with E-state index in [-0.39, 0.29) is 47.6 Å². The Labute approximate surface area is 254 Å². The van der Waals surface area contributed by atoms with E-state index in [1.165, 1.54) is 33.5 Å². The number of methoxy groups -OCH3 is 3. The number of carboxylic acids is 1. The van der Waals surface area contributed by atoms with Gasteiger partial charge in [-0.3, -0.25) is 14.9 Å². The van der Waals surface area contributed by atoms with E-state index in [2.05, 4.69) is 0 Å². The molecular weight excluding hydrogens is 574 g/mol. The maximum absolute atomic E-state index is 11.5. The molecule has 1 fully saturated rings. The Balaban J connectivity index is 1.72. The van der Waals surface area contributed by atoms with Crippen LogP contribution >= 0.6 is 0 Å². The smallest absolute Gasteiger partial charge is 0.303 e. The minimum absolute atomic E-state index is 0.0281. The first kappa shape index (κ1) is 32.1. The van der Waals surface area contributed by atoms with Crippen molar-refractivity contribution in [1.82, 2.24) is 0 Å². The van der Waals surface area contributed by atoms with Crippen LogP contribution in [0.5, 0.6) is 34.5 Å². The molecule has 3 aromatic rings. The van der Waals surface area contributed by atoms with Gasteiger partial charge in [0.1, 0.15) is 11.5 Å². The number of allylic oxidation sites excluding steroid dienone is 2. The van der Waals surface area contributed by atoms with Gasteiger partial charge in [-0.2, -0.15) is 0 Å². The van der Waals surface area contributed by atoms with Gasteiger partial charge < -0.3 is 38.6 Å². The van der Waals surface area contributed by atoms with E-state index in [9.17, 15) is 20.0 Å². The molecule has 0 spiro atoms. The lowest BCUT2D eigenvalue weighted by Crippen LogP contribution is -2.30. The van der Waals surface area contributed by atoms with Crippen LogP contribution in [0.3, 0.4) is 0 Å². The van der Waals surface area contributed by atoms with Gasteiger partial charge in [-0.25, -0.2) is 0 Å². The molecule has 234 valence electrons. The fourth-order valence-electron chi connectivity index (χ4n) is 4.94. The van der Waals surface area contributed by atoms with Gasteiger partial charge in [0.25, 0.3) is 5.69 Å². The Morgan fingerprint density at radius 1 is 0.977 bits per heavy atom. The number of carbonyl (C=O) groups is 1. The van der Waals surface area contributed by atoms with Gasteiger partial charge in [-0.1, -0.05) is 30.4 Å². The van der Waals surface area contributed by atoms with Crippen molar-refractivity contribution in [1.29, 1.82) is 0 Å². The third-order valence-electron chi connectivity index (χ3n) is 7.20. The van der Waals surface area contributed by atoms with Crippen LogP contribution in [-0.2, 0) is 14.3 Å². The summed E-state index contributed by atoms with van der Waals surface area (Å²) in [6, 6.07) is 12.9. The summed E-state index contributed by atoms with van der Waals surface area (Å²) in [5, 5.41) is 31.1. The van der Waals surface area contributed by atoms with E-state index < -0.39 is 23.3 Å². The van der Waals surface area contributed by atoms with Gasteiger partial charge in [0, 0.05) is 29.5 Å². The van der Waals surface area contributed by atoms with Gasteiger partial charge in [0.05, 0.1) is 50.6 Å². The summed E-state index contributed by atoms with van der Waals surface area (Å²) in [7, 11) is 4.36.